The normalized spacial score (nSPS) is 23.0. The summed E-state index contributed by atoms with van der Waals surface area (Å²) < 4.78 is 37.9. The molecule has 0 radical (unpaired) electrons. The van der Waals surface area contributed by atoms with Crippen LogP contribution >= 0.6 is 11.6 Å². The van der Waals surface area contributed by atoms with Gasteiger partial charge in [0.1, 0.15) is 0 Å². The van der Waals surface area contributed by atoms with Crippen LogP contribution in [0, 0.1) is 0 Å². The monoisotopic (exact) mass is 318 g/mol. The second kappa shape index (κ2) is 5.18. The zero-order valence-corrected chi connectivity index (χ0v) is 11.8. The molecule has 1 unspecified atom stereocenters. The number of halogens is 4. The summed E-state index contributed by atoms with van der Waals surface area (Å²) in [5, 5.41) is 3.19. The molecule has 1 aliphatic carbocycles. The van der Waals surface area contributed by atoms with E-state index in [2.05, 4.69) is 5.32 Å². The van der Waals surface area contributed by atoms with Gasteiger partial charge in [0.2, 0.25) is 5.91 Å². The summed E-state index contributed by atoms with van der Waals surface area (Å²) in [6.45, 7) is 0.467. The number of hydrogen-bond acceptors (Lipinski definition) is 2. The maximum absolute atomic E-state index is 12.6. The van der Waals surface area contributed by atoms with E-state index in [0.717, 1.165) is 25.0 Å². The molecule has 0 spiro atoms. The van der Waals surface area contributed by atoms with Crippen LogP contribution < -0.4 is 10.2 Å². The van der Waals surface area contributed by atoms with Gasteiger partial charge < -0.3 is 10.2 Å². The molecule has 0 aromatic heterocycles. The molecule has 1 aliphatic heterocycles. The molecule has 3 rings (SSSR count). The second-order valence-electron chi connectivity index (χ2n) is 5.44. The fourth-order valence-electron chi connectivity index (χ4n) is 2.51. The Kier molecular flexibility index (Phi) is 3.61. The van der Waals surface area contributed by atoms with Crippen molar-refractivity contribution in [1.29, 1.82) is 0 Å². The van der Waals surface area contributed by atoms with Gasteiger partial charge in [-0.2, -0.15) is 13.2 Å². The Bertz CT molecular complexity index is 572. The van der Waals surface area contributed by atoms with Gasteiger partial charge in [-0.1, -0.05) is 11.6 Å². The Labute approximate surface area is 125 Å². The first-order valence-electron chi connectivity index (χ1n) is 6.80. The average Bonchev–Trinajstić information content (AvgIpc) is 3.14. The largest absolute Gasteiger partial charge is 0.416 e. The highest BCUT2D eigenvalue weighted by atomic mass is 35.5. The summed E-state index contributed by atoms with van der Waals surface area (Å²) in [4.78, 5) is 13.7. The minimum atomic E-state index is -4.44. The number of alkyl halides is 3. The third-order valence-electron chi connectivity index (χ3n) is 3.79. The summed E-state index contributed by atoms with van der Waals surface area (Å²) in [6, 6.07) is 3.24. The van der Waals surface area contributed by atoms with Crippen molar-refractivity contribution in [2.45, 2.75) is 37.5 Å². The molecule has 1 atom stereocenters. The molecule has 1 saturated carbocycles. The molecule has 3 nitrogen and oxygen atoms in total. The number of carbonyl (C=O) groups is 1. The van der Waals surface area contributed by atoms with Gasteiger partial charge in [-0.05, 0) is 37.5 Å². The van der Waals surface area contributed by atoms with Gasteiger partial charge in [-0.25, -0.2) is 0 Å². The van der Waals surface area contributed by atoms with Gasteiger partial charge in [0.05, 0.1) is 22.3 Å². The molecule has 114 valence electrons. The van der Waals surface area contributed by atoms with Crippen molar-refractivity contribution in [1.82, 2.24) is 5.32 Å². The van der Waals surface area contributed by atoms with Gasteiger partial charge >= 0.3 is 6.18 Å². The first-order chi connectivity index (χ1) is 9.86. The number of hydrogen-bond donors (Lipinski definition) is 1. The van der Waals surface area contributed by atoms with Gasteiger partial charge in [-0.15, -0.1) is 0 Å². The molecule has 0 bridgehead atoms. The average molecular weight is 319 g/mol. The van der Waals surface area contributed by atoms with Gasteiger partial charge in [0.25, 0.3) is 0 Å². The van der Waals surface area contributed by atoms with E-state index in [1.54, 1.807) is 0 Å². The van der Waals surface area contributed by atoms with Crippen molar-refractivity contribution in [3.8, 4) is 0 Å². The van der Waals surface area contributed by atoms with Gasteiger partial charge in [0, 0.05) is 12.6 Å². The van der Waals surface area contributed by atoms with Crippen molar-refractivity contribution >= 4 is 23.2 Å². The maximum atomic E-state index is 12.6. The molecule has 7 heteroatoms. The first-order valence-corrected chi connectivity index (χ1v) is 7.18. The minimum Gasteiger partial charge on any atom is -0.310 e. The Balaban J connectivity index is 1.79. The van der Waals surface area contributed by atoms with E-state index in [-0.39, 0.29) is 17.0 Å². The molecule has 1 aromatic carbocycles. The van der Waals surface area contributed by atoms with Crippen LogP contribution in [0.4, 0.5) is 18.9 Å². The molecule has 21 heavy (non-hydrogen) atoms. The fraction of sp³-hybridized carbons (Fsp3) is 0.500. The van der Waals surface area contributed by atoms with Crippen LogP contribution in [0.25, 0.3) is 0 Å². The minimum absolute atomic E-state index is 0.0507. The third kappa shape index (κ3) is 3.01. The highest BCUT2D eigenvalue weighted by Crippen LogP contribution is 2.36. The lowest BCUT2D eigenvalue weighted by Gasteiger charge is -2.19. The number of benzene rings is 1. The van der Waals surface area contributed by atoms with E-state index in [0.29, 0.717) is 24.7 Å². The number of rotatable bonds is 3. The van der Waals surface area contributed by atoms with Gasteiger partial charge in [0.15, 0.2) is 0 Å². The first kappa shape index (κ1) is 14.7. The van der Waals surface area contributed by atoms with Crippen molar-refractivity contribution in [3.05, 3.63) is 28.8 Å². The third-order valence-corrected chi connectivity index (χ3v) is 4.09. The van der Waals surface area contributed by atoms with Crippen LogP contribution in [-0.2, 0) is 11.0 Å². The quantitative estimate of drug-likeness (QED) is 0.928. The predicted molar refractivity (Wildman–Crippen MR) is 73.4 cm³/mol. The van der Waals surface area contributed by atoms with E-state index >= 15 is 0 Å². The molecule has 1 N–H and O–H groups in total. The molecule has 1 aromatic rings. The van der Waals surface area contributed by atoms with Crippen molar-refractivity contribution in [2.75, 3.05) is 11.4 Å². The zero-order valence-electron chi connectivity index (χ0n) is 11.1. The number of anilines is 1. The Hall–Kier alpha value is -1.27. The van der Waals surface area contributed by atoms with Crippen LogP contribution in [0.2, 0.25) is 5.02 Å². The fourth-order valence-corrected chi connectivity index (χ4v) is 2.79. The van der Waals surface area contributed by atoms with Crippen LogP contribution in [0.3, 0.4) is 0 Å². The van der Waals surface area contributed by atoms with Crippen molar-refractivity contribution in [2.24, 2.45) is 0 Å². The number of carbonyl (C=O) groups excluding carboxylic acids is 1. The predicted octanol–water partition coefficient (Wildman–Crippen LogP) is 3.22. The highest BCUT2D eigenvalue weighted by Gasteiger charge is 2.37. The summed E-state index contributed by atoms with van der Waals surface area (Å²) in [5.74, 6) is -0.122. The standard InChI is InChI=1S/C14H14ClF3N2O/c15-10-7-8(14(16,17)18)1-4-12(10)20-6-5-11(13(20)21)19-9-2-3-9/h1,4,7,9,11,19H,2-3,5-6H2. The van der Waals surface area contributed by atoms with E-state index in [1.165, 1.54) is 11.0 Å². The van der Waals surface area contributed by atoms with Crippen molar-refractivity contribution in [3.63, 3.8) is 0 Å². The summed E-state index contributed by atoms with van der Waals surface area (Å²) in [7, 11) is 0. The molecule has 1 amide bonds. The SMILES string of the molecule is O=C1C(NC2CC2)CCN1c1ccc(C(F)(F)F)cc1Cl. The molecule has 1 heterocycles. The lowest BCUT2D eigenvalue weighted by atomic mass is 10.2. The van der Waals surface area contributed by atoms with E-state index in [9.17, 15) is 18.0 Å². The topological polar surface area (TPSA) is 32.3 Å². The van der Waals surface area contributed by atoms with Crippen LogP contribution in [0.5, 0.6) is 0 Å². The second-order valence-corrected chi connectivity index (χ2v) is 5.84. The number of amides is 1. The Morgan fingerprint density at radius 1 is 1.24 bits per heavy atom. The Morgan fingerprint density at radius 3 is 2.52 bits per heavy atom. The molecular formula is C14H14ClF3N2O. The number of nitrogens with zero attached hydrogens (tertiary/aromatic N) is 1. The van der Waals surface area contributed by atoms with E-state index in [1.807, 2.05) is 0 Å². The highest BCUT2D eigenvalue weighted by molar-refractivity contribution is 6.34. The lowest BCUT2D eigenvalue weighted by molar-refractivity contribution is -0.137. The van der Waals surface area contributed by atoms with Gasteiger partial charge in [-0.3, -0.25) is 4.79 Å². The maximum Gasteiger partial charge on any atom is 0.416 e. The summed E-state index contributed by atoms with van der Waals surface area (Å²) in [6.07, 6.45) is -1.64. The Morgan fingerprint density at radius 2 is 1.95 bits per heavy atom. The molecule has 2 aliphatic rings. The summed E-state index contributed by atoms with van der Waals surface area (Å²) >= 11 is 5.93. The van der Waals surface area contributed by atoms with Crippen LogP contribution in [0.15, 0.2) is 18.2 Å². The molecule has 2 fully saturated rings. The zero-order chi connectivity index (χ0) is 15.2. The van der Waals surface area contributed by atoms with Crippen molar-refractivity contribution < 1.29 is 18.0 Å². The summed E-state index contributed by atoms with van der Waals surface area (Å²) in [5.41, 5.74) is -0.467. The molecular weight excluding hydrogens is 305 g/mol. The molecule has 1 saturated heterocycles. The van der Waals surface area contributed by atoms with E-state index < -0.39 is 11.7 Å². The van der Waals surface area contributed by atoms with E-state index in [4.69, 9.17) is 11.6 Å². The van der Waals surface area contributed by atoms with Crippen LogP contribution in [-0.4, -0.2) is 24.5 Å². The smallest absolute Gasteiger partial charge is 0.310 e. The van der Waals surface area contributed by atoms with Crippen LogP contribution in [0.1, 0.15) is 24.8 Å². The number of nitrogens with one attached hydrogen (secondary N) is 1. The lowest BCUT2D eigenvalue weighted by Crippen LogP contribution is -2.39.